The van der Waals surface area contributed by atoms with Crippen molar-refractivity contribution in [2.24, 2.45) is 0 Å². The van der Waals surface area contributed by atoms with Gasteiger partial charge in [-0.2, -0.15) is 23.1 Å². The van der Waals surface area contributed by atoms with Crippen LogP contribution in [0.1, 0.15) is 5.56 Å². The summed E-state index contributed by atoms with van der Waals surface area (Å²) in [5, 5.41) is 0.752. The zero-order chi connectivity index (χ0) is 24.5. The molecule has 0 unspecified atom stereocenters. The van der Waals surface area contributed by atoms with Crippen molar-refractivity contribution in [1.29, 1.82) is 0 Å². The summed E-state index contributed by atoms with van der Waals surface area (Å²) in [5.74, 6) is 0. The van der Waals surface area contributed by atoms with Crippen LogP contribution in [0.15, 0.2) is 54.9 Å². The highest BCUT2D eigenvalue weighted by Crippen LogP contribution is 2.40. The Hall–Kier alpha value is -3.43. The number of alkyl halides is 3. The van der Waals surface area contributed by atoms with Crippen molar-refractivity contribution in [2.75, 3.05) is 14.2 Å². The molecule has 0 N–H and O–H groups in total. The topological polar surface area (TPSA) is 70.0 Å². The number of aromatic nitrogens is 4. The van der Waals surface area contributed by atoms with Gasteiger partial charge in [0.05, 0.1) is 24.8 Å². The van der Waals surface area contributed by atoms with Crippen LogP contribution in [0.3, 0.4) is 0 Å². The molecule has 2 aromatic heterocycles. The van der Waals surface area contributed by atoms with Gasteiger partial charge in [-0.1, -0.05) is 41.4 Å². The fraction of sp³-hybridized carbons (Fsp3) is 0.130. The van der Waals surface area contributed by atoms with Gasteiger partial charge in [0.15, 0.2) is 0 Å². The Bertz CT molecular complexity index is 1370. The Morgan fingerprint density at radius 1 is 0.765 bits per heavy atom. The molecule has 11 heteroatoms. The second-order valence-corrected chi connectivity index (χ2v) is 7.78. The van der Waals surface area contributed by atoms with Crippen LogP contribution in [0.5, 0.6) is 12.0 Å². The third-order valence-corrected chi connectivity index (χ3v) is 5.39. The summed E-state index contributed by atoms with van der Waals surface area (Å²) in [6.45, 7) is 0. The molecule has 0 saturated carbocycles. The van der Waals surface area contributed by atoms with Gasteiger partial charge in [0.2, 0.25) is 0 Å². The second kappa shape index (κ2) is 9.44. The normalized spacial score (nSPS) is 11.4. The van der Waals surface area contributed by atoms with E-state index in [2.05, 4.69) is 19.9 Å². The summed E-state index contributed by atoms with van der Waals surface area (Å²) in [5.41, 5.74) is 1.16. The number of ether oxygens (including phenoxy) is 2. The zero-order valence-electron chi connectivity index (χ0n) is 17.7. The molecule has 0 aliphatic carbocycles. The van der Waals surface area contributed by atoms with Crippen molar-refractivity contribution in [1.82, 2.24) is 19.9 Å². The minimum Gasteiger partial charge on any atom is -0.467 e. The third-order valence-electron chi connectivity index (χ3n) is 4.84. The molecule has 0 radical (unpaired) electrons. The minimum absolute atomic E-state index is 0.00328. The van der Waals surface area contributed by atoms with E-state index in [0.717, 1.165) is 12.1 Å². The molecule has 0 saturated heterocycles. The molecule has 6 nitrogen and oxygen atoms in total. The monoisotopic (exact) mass is 506 g/mol. The molecule has 0 aliphatic heterocycles. The molecule has 0 atom stereocenters. The van der Waals surface area contributed by atoms with Gasteiger partial charge in [-0.15, -0.1) is 0 Å². The molecule has 0 aliphatic rings. The molecule has 174 valence electrons. The maximum atomic E-state index is 13.4. The van der Waals surface area contributed by atoms with Gasteiger partial charge in [-0.25, -0.2) is 9.97 Å². The largest absolute Gasteiger partial charge is 0.467 e. The number of rotatable bonds is 5. The Morgan fingerprint density at radius 3 is 1.97 bits per heavy atom. The Kier molecular flexibility index (Phi) is 6.58. The quantitative estimate of drug-likeness (QED) is 0.303. The first-order chi connectivity index (χ1) is 16.2. The summed E-state index contributed by atoms with van der Waals surface area (Å²) in [7, 11) is 2.77. The van der Waals surface area contributed by atoms with E-state index in [0.29, 0.717) is 26.7 Å². The number of nitrogens with zero attached hydrogens (tertiary/aromatic N) is 4. The third kappa shape index (κ3) is 4.76. The Labute approximate surface area is 202 Å². The smallest absolute Gasteiger partial charge is 0.416 e. The minimum atomic E-state index is -4.52. The van der Waals surface area contributed by atoms with Crippen LogP contribution in [0.2, 0.25) is 10.0 Å². The van der Waals surface area contributed by atoms with Gasteiger partial charge in [0.1, 0.15) is 11.4 Å². The first-order valence-corrected chi connectivity index (χ1v) is 10.4. The molecule has 2 aromatic carbocycles. The van der Waals surface area contributed by atoms with Crippen LogP contribution >= 0.6 is 23.2 Å². The zero-order valence-corrected chi connectivity index (χ0v) is 19.2. The summed E-state index contributed by atoms with van der Waals surface area (Å²) in [6.07, 6.45) is -1.66. The van der Waals surface area contributed by atoms with Crippen LogP contribution < -0.4 is 9.47 Å². The van der Waals surface area contributed by atoms with Crippen molar-refractivity contribution in [3.63, 3.8) is 0 Å². The maximum absolute atomic E-state index is 13.4. The summed E-state index contributed by atoms with van der Waals surface area (Å²) < 4.78 is 50.5. The standard InChI is InChI=1S/C23H15Cl2F3N4O2/c1-33-21-29-10-16(12-4-3-5-13(8-12)23(26,27)28)19(31-21)20-17(11-30-22(32-20)34-2)15-7-6-14(24)9-18(15)25/h3-11H,1-2H3. The number of benzene rings is 2. The van der Waals surface area contributed by atoms with Crippen molar-refractivity contribution < 1.29 is 22.6 Å². The van der Waals surface area contributed by atoms with Gasteiger partial charge in [0.25, 0.3) is 0 Å². The number of methoxy groups -OCH3 is 2. The molecule has 0 fully saturated rings. The molecule has 0 spiro atoms. The Balaban J connectivity index is 2.01. The van der Waals surface area contributed by atoms with E-state index in [1.165, 1.54) is 38.7 Å². The first-order valence-electron chi connectivity index (χ1n) is 9.66. The van der Waals surface area contributed by atoms with E-state index in [4.69, 9.17) is 32.7 Å². The highest BCUT2D eigenvalue weighted by Gasteiger charge is 2.31. The van der Waals surface area contributed by atoms with Crippen LogP contribution in [-0.2, 0) is 6.18 Å². The summed E-state index contributed by atoms with van der Waals surface area (Å²) in [4.78, 5) is 17.1. The molecule has 4 aromatic rings. The van der Waals surface area contributed by atoms with Gasteiger partial charge in [-0.3, -0.25) is 0 Å². The van der Waals surface area contributed by atoms with E-state index < -0.39 is 11.7 Å². The second-order valence-electron chi connectivity index (χ2n) is 6.94. The van der Waals surface area contributed by atoms with Crippen molar-refractivity contribution in [3.8, 4) is 45.7 Å². The van der Waals surface area contributed by atoms with Gasteiger partial charge < -0.3 is 9.47 Å². The fourth-order valence-corrected chi connectivity index (χ4v) is 3.78. The predicted octanol–water partition coefficient (Wildman–Crippen LogP) is 6.61. The van der Waals surface area contributed by atoms with Crippen LogP contribution in [0, 0.1) is 0 Å². The van der Waals surface area contributed by atoms with E-state index in [-0.39, 0.29) is 29.0 Å². The molecule has 0 bridgehead atoms. The predicted molar refractivity (Wildman–Crippen MR) is 122 cm³/mol. The SMILES string of the molecule is COc1ncc(-c2cccc(C(F)(F)F)c2)c(-c2nc(OC)ncc2-c2ccc(Cl)cc2Cl)n1. The number of hydrogen-bond acceptors (Lipinski definition) is 6. The van der Waals surface area contributed by atoms with Gasteiger partial charge in [0, 0.05) is 34.1 Å². The average molecular weight is 507 g/mol. The molecular weight excluding hydrogens is 492 g/mol. The lowest BCUT2D eigenvalue weighted by atomic mass is 9.97. The van der Waals surface area contributed by atoms with E-state index in [9.17, 15) is 13.2 Å². The number of halogens is 5. The molecular formula is C23H15Cl2F3N4O2. The van der Waals surface area contributed by atoms with Crippen LogP contribution in [0.4, 0.5) is 13.2 Å². The average Bonchev–Trinajstić information content (AvgIpc) is 2.83. The lowest BCUT2D eigenvalue weighted by Crippen LogP contribution is -2.05. The van der Waals surface area contributed by atoms with E-state index in [1.54, 1.807) is 18.2 Å². The molecule has 2 heterocycles. The highest BCUT2D eigenvalue weighted by molar-refractivity contribution is 6.36. The first kappa shape index (κ1) is 23.7. The Morgan fingerprint density at radius 2 is 1.38 bits per heavy atom. The van der Waals surface area contributed by atoms with Crippen molar-refractivity contribution in [3.05, 3.63) is 70.5 Å². The van der Waals surface area contributed by atoms with Crippen molar-refractivity contribution >= 4 is 23.2 Å². The maximum Gasteiger partial charge on any atom is 0.416 e. The highest BCUT2D eigenvalue weighted by atomic mass is 35.5. The lowest BCUT2D eigenvalue weighted by molar-refractivity contribution is -0.137. The molecule has 4 rings (SSSR count). The van der Waals surface area contributed by atoms with Gasteiger partial charge >= 0.3 is 18.2 Å². The van der Waals surface area contributed by atoms with Gasteiger partial charge in [-0.05, 0) is 29.8 Å². The van der Waals surface area contributed by atoms with E-state index in [1.807, 2.05) is 0 Å². The van der Waals surface area contributed by atoms with Crippen molar-refractivity contribution in [2.45, 2.75) is 6.18 Å². The van der Waals surface area contributed by atoms with Crippen LogP contribution in [0.25, 0.3) is 33.6 Å². The van der Waals surface area contributed by atoms with Crippen LogP contribution in [-0.4, -0.2) is 34.2 Å². The fourth-order valence-electron chi connectivity index (χ4n) is 3.27. The van der Waals surface area contributed by atoms with E-state index >= 15 is 0 Å². The number of hydrogen-bond donors (Lipinski definition) is 0. The lowest BCUT2D eigenvalue weighted by Gasteiger charge is -2.15. The summed E-state index contributed by atoms with van der Waals surface area (Å²) in [6, 6.07) is 9.74. The molecule has 0 amide bonds. The molecule has 34 heavy (non-hydrogen) atoms. The summed E-state index contributed by atoms with van der Waals surface area (Å²) >= 11 is 12.5.